The molecule has 0 atom stereocenters. The molecule has 9 heavy (non-hydrogen) atoms. The lowest BCUT2D eigenvalue weighted by Gasteiger charge is -1.99. The highest BCUT2D eigenvalue weighted by atomic mass is 16.5. The zero-order valence-electron chi connectivity index (χ0n) is 5.85. The zero-order valence-corrected chi connectivity index (χ0v) is 5.85. The monoisotopic (exact) mass is 125 g/mol. The van der Waals surface area contributed by atoms with Crippen LogP contribution in [0.5, 0.6) is 0 Å². The summed E-state index contributed by atoms with van der Waals surface area (Å²) in [5, 5.41) is 0. The Hall–Kier alpha value is -1.05. The molecule has 0 aromatic carbocycles. The van der Waals surface area contributed by atoms with Crippen LogP contribution in [0.15, 0.2) is 29.1 Å². The molecule has 0 saturated carbocycles. The van der Waals surface area contributed by atoms with E-state index < -0.39 is 0 Å². The third-order valence-corrected chi connectivity index (χ3v) is 0.980. The van der Waals surface area contributed by atoms with Crippen molar-refractivity contribution in [1.29, 1.82) is 0 Å². The largest absolute Gasteiger partial charge is 0.481 e. The fraction of sp³-hybridized carbons (Fsp3) is 0.286. The Labute approximate surface area is 55.6 Å². The number of aliphatic imine (C=N–C) groups is 1. The van der Waals surface area contributed by atoms with E-state index in [-0.39, 0.29) is 0 Å². The summed E-state index contributed by atoms with van der Waals surface area (Å²) in [5.74, 6) is 0.532. The molecule has 0 aromatic heterocycles. The Kier molecular flexibility index (Phi) is 3.44. The maximum absolute atomic E-state index is 4.83. The third-order valence-electron chi connectivity index (χ3n) is 0.980. The topological polar surface area (TPSA) is 21.6 Å². The highest BCUT2D eigenvalue weighted by molar-refractivity contribution is 5.30. The number of methoxy groups -OCH3 is 1. The van der Waals surface area contributed by atoms with E-state index in [2.05, 4.69) is 18.3 Å². The lowest BCUT2D eigenvalue weighted by molar-refractivity contribution is 0.286. The summed E-state index contributed by atoms with van der Waals surface area (Å²) >= 11 is 0. The first-order chi connectivity index (χ1) is 4.26. The fourth-order valence-electron chi connectivity index (χ4n) is 0.438. The van der Waals surface area contributed by atoms with Gasteiger partial charge in [0.15, 0.2) is 0 Å². The van der Waals surface area contributed by atoms with Gasteiger partial charge in [-0.1, -0.05) is 12.7 Å². The molecule has 0 amide bonds. The van der Waals surface area contributed by atoms with E-state index in [1.807, 2.05) is 6.92 Å². The van der Waals surface area contributed by atoms with Crippen LogP contribution in [-0.2, 0) is 4.74 Å². The molecule has 0 aliphatic heterocycles. The first-order valence-corrected chi connectivity index (χ1v) is 2.60. The smallest absolute Gasteiger partial charge is 0.215 e. The van der Waals surface area contributed by atoms with Crippen LogP contribution < -0.4 is 0 Å². The summed E-state index contributed by atoms with van der Waals surface area (Å²) < 4.78 is 4.83. The number of hydrogen-bond donors (Lipinski definition) is 0. The summed E-state index contributed by atoms with van der Waals surface area (Å²) in [6.45, 7) is 8.73. The summed E-state index contributed by atoms with van der Waals surface area (Å²) in [6.07, 6.45) is 1.67. The van der Waals surface area contributed by atoms with Gasteiger partial charge in [-0.25, -0.2) is 4.99 Å². The molecule has 0 heterocycles. The van der Waals surface area contributed by atoms with Gasteiger partial charge in [0.05, 0.1) is 7.11 Å². The van der Waals surface area contributed by atoms with Gasteiger partial charge in [0.25, 0.3) is 0 Å². The van der Waals surface area contributed by atoms with Crippen LogP contribution in [0.4, 0.5) is 0 Å². The minimum atomic E-state index is 0.532. The van der Waals surface area contributed by atoms with Crippen LogP contribution in [0.3, 0.4) is 0 Å². The zero-order chi connectivity index (χ0) is 7.28. The summed E-state index contributed by atoms with van der Waals surface area (Å²) in [6, 6.07) is 0. The molecule has 0 bridgehead atoms. The fourth-order valence-corrected chi connectivity index (χ4v) is 0.438. The minimum absolute atomic E-state index is 0.532. The Morgan fingerprint density at radius 1 is 1.67 bits per heavy atom. The highest BCUT2D eigenvalue weighted by Crippen LogP contribution is 2.04. The Bertz CT molecular complexity index is 147. The van der Waals surface area contributed by atoms with E-state index >= 15 is 0 Å². The number of hydrogen-bond acceptors (Lipinski definition) is 2. The van der Waals surface area contributed by atoms with Crippen molar-refractivity contribution in [2.45, 2.75) is 6.92 Å². The predicted molar refractivity (Wildman–Crippen MR) is 39.5 cm³/mol. The number of ether oxygens (including phenoxy) is 1. The van der Waals surface area contributed by atoms with Gasteiger partial charge in [-0.3, -0.25) is 0 Å². The van der Waals surface area contributed by atoms with Crippen molar-refractivity contribution in [1.82, 2.24) is 0 Å². The SMILES string of the molecule is C=C/C(C)=C(\N=C)OC. The van der Waals surface area contributed by atoms with Gasteiger partial charge in [0.2, 0.25) is 5.88 Å². The van der Waals surface area contributed by atoms with Gasteiger partial charge < -0.3 is 4.74 Å². The summed E-state index contributed by atoms with van der Waals surface area (Å²) in [5.41, 5.74) is 0.896. The second-order valence-corrected chi connectivity index (χ2v) is 1.55. The molecule has 0 rings (SSSR count). The number of allylic oxidation sites excluding steroid dienone is 2. The second kappa shape index (κ2) is 3.89. The summed E-state index contributed by atoms with van der Waals surface area (Å²) in [4.78, 5) is 3.61. The van der Waals surface area contributed by atoms with Crippen LogP contribution in [-0.4, -0.2) is 13.8 Å². The average molecular weight is 125 g/mol. The average Bonchev–Trinajstić information content (AvgIpc) is 1.90. The van der Waals surface area contributed by atoms with E-state index in [1.165, 1.54) is 0 Å². The van der Waals surface area contributed by atoms with Crippen molar-refractivity contribution in [3.8, 4) is 0 Å². The van der Waals surface area contributed by atoms with Crippen LogP contribution in [0.25, 0.3) is 0 Å². The predicted octanol–water partition coefficient (Wildman–Crippen LogP) is 1.75. The van der Waals surface area contributed by atoms with E-state index in [0.29, 0.717) is 5.88 Å². The van der Waals surface area contributed by atoms with Gasteiger partial charge in [-0.05, 0) is 13.6 Å². The molecule has 0 aliphatic carbocycles. The lowest BCUT2D eigenvalue weighted by atomic mass is 10.3. The number of nitrogens with zero attached hydrogens (tertiary/aromatic N) is 1. The quantitative estimate of drug-likeness (QED) is 0.320. The molecule has 2 nitrogen and oxygen atoms in total. The molecule has 50 valence electrons. The van der Waals surface area contributed by atoms with Gasteiger partial charge in [-0.15, -0.1) is 0 Å². The van der Waals surface area contributed by atoms with Gasteiger partial charge in [-0.2, -0.15) is 0 Å². The van der Waals surface area contributed by atoms with Crippen molar-refractivity contribution in [3.63, 3.8) is 0 Å². The van der Waals surface area contributed by atoms with Crippen LogP contribution in [0.1, 0.15) is 6.92 Å². The standard InChI is InChI=1S/C7H11NO/c1-5-6(2)7(8-3)9-4/h5H,1,3H2,2,4H3/b7-6+. The third kappa shape index (κ3) is 2.13. The second-order valence-electron chi connectivity index (χ2n) is 1.55. The minimum Gasteiger partial charge on any atom is -0.481 e. The lowest BCUT2D eigenvalue weighted by Crippen LogP contribution is -1.84. The molecular formula is C7H11NO. The molecule has 0 fully saturated rings. The van der Waals surface area contributed by atoms with Crippen molar-refractivity contribution in [2.24, 2.45) is 4.99 Å². The maximum atomic E-state index is 4.83. The van der Waals surface area contributed by atoms with E-state index in [4.69, 9.17) is 4.74 Å². The molecule has 0 aromatic rings. The van der Waals surface area contributed by atoms with Crippen molar-refractivity contribution < 1.29 is 4.74 Å². The molecule has 0 aliphatic rings. The maximum Gasteiger partial charge on any atom is 0.215 e. The van der Waals surface area contributed by atoms with Crippen molar-refractivity contribution in [3.05, 3.63) is 24.1 Å². The molecule has 0 unspecified atom stereocenters. The van der Waals surface area contributed by atoms with E-state index in [9.17, 15) is 0 Å². The first kappa shape index (κ1) is 7.95. The van der Waals surface area contributed by atoms with Gasteiger partial charge in [0.1, 0.15) is 0 Å². The molecule has 0 spiro atoms. The normalized spacial score (nSPS) is 11.8. The highest BCUT2D eigenvalue weighted by Gasteiger charge is 1.91. The van der Waals surface area contributed by atoms with Gasteiger partial charge >= 0.3 is 0 Å². The molecule has 0 N–H and O–H groups in total. The molecule has 0 radical (unpaired) electrons. The Morgan fingerprint density at radius 2 is 2.22 bits per heavy atom. The van der Waals surface area contributed by atoms with Gasteiger partial charge in [0, 0.05) is 5.57 Å². The van der Waals surface area contributed by atoms with Crippen LogP contribution in [0, 0.1) is 0 Å². The molecule has 0 saturated heterocycles. The Balaban J connectivity index is 4.36. The Morgan fingerprint density at radius 3 is 2.33 bits per heavy atom. The molecular weight excluding hydrogens is 114 g/mol. The van der Waals surface area contributed by atoms with E-state index in [0.717, 1.165) is 5.57 Å². The van der Waals surface area contributed by atoms with Crippen molar-refractivity contribution >= 4 is 6.72 Å². The molecule has 2 heteroatoms. The first-order valence-electron chi connectivity index (χ1n) is 2.60. The van der Waals surface area contributed by atoms with Crippen LogP contribution >= 0.6 is 0 Å². The summed E-state index contributed by atoms with van der Waals surface area (Å²) in [7, 11) is 1.55. The van der Waals surface area contributed by atoms with E-state index in [1.54, 1.807) is 13.2 Å². The van der Waals surface area contributed by atoms with Crippen LogP contribution in [0.2, 0.25) is 0 Å². The van der Waals surface area contributed by atoms with Crippen molar-refractivity contribution in [2.75, 3.05) is 7.11 Å². The number of rotatable bonds is 3.